The summed E-state index contributed by atoms with van der Waals surface area (Å²) in [5.74, 6) is 0.172. The second-order valence-electron chi connectivity index (χ2n) is 3.91. The molecule has 0 aliphatic carbocycles. The van der Waals surface area contributed by atoms with Crippen LogP contribution in [0.3, 0.4) is 0 Å². The fourth-order valence-electron chi connectivity index (χ4n) is 1.60. The summed E-state index contributed by atoms with van der Waals surface area (Å²) in [4.78, 5) is 16.7. The van der Waals surface area contributed by atoms with Crippen LogP contribution in [0, 0.1) is 5.82 Å². The van der Waals surface area contributed by atoms with Crippen molar-refractivity contribution in [2.24, 2.45) is 0 Å². The van der Waals surface area contributed by atoms with Crippen LogP contribution in [0.2, 0.25) is 5.15 Å². The van der Waals surface area contributed by atoms with Crippen molar-refractivity contribution in [1.82, 2.24) is 9.55 Å². The van der Waals surface area contributed by atoms with Crippen molar-refractivity contribution in [3.63, 3.8) is 0 Å². The first-order valence-electron chi connectivity index (χ1n) is 5.21. The van der Waals surface area contributed by atoms with Gasteiger partial charge in [-0.1, -0.05) is 11.6 Å². The van der Waals surface area contributed by atoms with Crippen molar-refractivity contribution in [2.75, 3.05) is 19.0 Å². The zero-order chi connectivity index (χ0) is 13.3. The quantitative estimate of drug-likeness (QED) is 0.802. The molecule has 0 fully saturated rings. The molecule has 0 saturated carbocycles. The standard InChI is InChI=1S/C12H11ClFN3O/c1-16(2)12-15-10(7-18)11(13)17(12)9-5-3-8(14)4-6-9/h3-7H,1-2H3. The molecule has 94 valence electrons. The minimum Gasteiger partial charge on any atom is -0.348 e. The molecule has 0 aliphatic heterocycles. The van der Waals surface area contributed by atoms with E-state index in [1.165, 1.54) is 12.1 Å². The molecule has 0 saturated heterocycles. The molecule has 18 heavy (non-hydrogen) atoms. The van der Waals surface area contributed by atoms with E-state index in [0.29, 0.717) is 17.9 Å². The van der Waals surface area contributed by atoms with E-state index in [0.717, 1.165) is 0 Å². The van der Waals surface area contributed by atoms with Gasteiger partial charge in [0.15, 0.2) is 6.29 Å². The Morgan fingerprint density at radius 2 is 1.94 bits per heavy atom. The Morgan fingerprint density at radius 1 is 1.33 bits per heavy atom. The van der Waals surface area contributed by atoms with Gasteiger partial charge in [0.05, 0.1) is 5.69 Å². The highest BCUT2D eigenvalue weighted by atomic mass is 35.5. The summed E-state index contributed by atoms with van der Waals surface area (Å²) in [5.41, 5.74) is 0.801. The van der Waals surface area contributed by atoms with Gasteiger partial charge in [0.25, 0.3) is 0 Å². The maximum absolute atomic E-state index is 12.9. The number of hydrogen-bond acceptors (Lipinski definition) is 3. The lowest BCUT2D eigenvalue weighted by Gasteiger charge is -2.14. The second-order valence-corrected chi connectivity index (χ2v) is 4.27. The van der Waals surface area contributed by atoms with Gasteiger partial charge in [-0.2, -0.15) is 0 Å². The lowest BCUT2D eigenvalue weighted by Crippen LogP contribution is -2.14. The lowest BCUT2D eigenvalue weighted by atomic mass is 10.3. The molecule has 1 aromatic heterocycles. The fourth-order valence-corrected chi connectivity index (χ4v) is 1.86. The van der Waals surface area contributed by atoms with Crippen molar-refractivity contribution >= 4 is 23.8 Å². The van der Waals surface area contributed by atoms with Crippen molar-refractivity contribution in [3.8, 4) is 5.69 Å². The molecule has 0 N–H and O–H groups in total. The van der Waals surface area contributed by atoms with E-state index in [1.54, 1.807) is 35.7 Å². The molecule has 2 aromatic rings. The van der Waals surface area contributed by atoms with Crippen LogP contribution in [0.4, 0.5) is 10.3 Å². The largest absolute Gasteiger partial charge is 0.348 e. The molecule has 0 amide bonds. The summed E-state index contributed by atoms with van der Waals surface area (Å²) >= 11 is 6.10. The highest BCUT2D eigenvalue weighted by Crippen LogP contribution is 2.26. The van der Waals surface area contributed by atoms with Crippen molar-refractivity contribution in [3.05, 3.63) is 40.9 Å². The summed E-state index contributed by atoms with van der Waals surface area (Å²) in [6.45, 7) is 0. The second kappa shape index (κ2) is 4.78. The van der Waals surface area contributed by atoms with E-state index in [2.05, 4.69) is 4.98 Å². The van der Waals surface area contributed by atoms with E-state index < -0.39 is 0 Å². The number of aromatic nitrogens is 2. The Bertz CT molecular complexity index is 578. The Morgan fingerprint density at radius 3 is 2.44 bits per heavy atom. The van der Waals surface area contributed by atoms with Crippen LogP contribution in [0.1, 0.15) is 10.5 Å². The first-order valence-corrected chi connectivity index (χ1v) is 5.59. The number of rotatable bonds is 3. The number of nitrogens with zero attached hydrogens (tertiary/aromatic N) is 3. The Labute approximate surface area is 109 Å². The number of aldehydes is 1. The number of hydrogen-bond donors (Lipinski definition) is 0. The van der Waals surface area contributed by atoms with E-state index in [9.17, 15) is 9.18 Å². The van der Waals surface area contributed by atoms with Gasteiger partial charge in [-0.3, -0.25) is 9.36 Å². The molecule has 2 rings (SSSR count). The summed E-state index contributed by atoms with van der Waals surface area (Å²) in [5, 5.41) is 0.209. The molecule has 1 aromatic carbocycles. The Balaban J connectivity index is 2.64. The van der Waals surface area contributed by atoms with Crippen LogP contribution in [0.5, 0.6) is 0 Å². The number of carbonyl (C=O) groups is 1. The smallest absolute Gasteiger partial charge is 0.211 e. The summed E-state index contributed by atoms with van der Waals surface area (Å²) < 4.78 is 14.5. The molecule has 0 spiro atoms. The van der Waals surface area contributed by atoms with Crippen LogP contribution < -0.4 is 4.90 Å². The monoisotopic (exact) mass is 267 g/mol. The number of halogens is 2. The van der Waals surface area contributed by atoms with Crippen LogP contribution in [-0.4, -0.2) is 29.9 Å². The van der Waals surface area contributed by atoms with Gasteiger partial charge in [-0.05, 0) is 24.3 Å². The molecule has 4 nitrogen and oxygen atoms in total. The molecule has 0 atom stereocenters. The minimum absolute atomic E-state index is 0.157. The van der Waals surface area contributed by atoms with Crippen molar-refractivity contribution in [2.45, 2.75) is 0 Å². The SMILES string of the molecule is CN(C)c1nc(C=O)c(Cl)n1-c1ccc(F)cc1. The molecule has 1 heterocycles. The Hall–Kier alpha value is -1.88. The van der Waals surface area contributed by atoms with Gasteiger partial charge in [0.1, 0.15) is 16.7 Å². The predicted octanol–water partition coefficient (Wildman–Crippen LogP) is 2.54. The molecular formula is C12H11ClFN3O. The maximum atomic E-state index is 12.9. The third-order valence-corrected chi connectivity index (χ3v) is 2.79. The predicted molar refractivity (Wildman–Crippen MR) is 68.2 cm³/mol. The van der Waals surface area contributed by atoms with Gasteiger partial charge in [-0.25, -0.2) is 9.37 Å². The number of imidazole rings is 1. The first-order chi connectivity index (χ1) is 8.54. The normalized spacial score (nSPS) is 10.4. The number of anilines is 1. The number of benzene rings is 1. The van der Waals surface area contributed by atoms with E-state index >= 15 is 0 Å². The Kier molecular flexibility index (Phi) is 3.34. The molecule has 0 bridgehead atoms. The third-order valence-electron chi connectivity index (χ3n) is 2.42. The molecule has 0 aliphatic rings. The maximum Gasteiger partial charge on any atom is 0.211 e. The first kappa shape index (κ1) is 12.6. The summed E-state index contributed by atoms with van der Waals surface area (Å²) in [7, 11) is 3.57. The van der Waals surface area contributed by atoms with Gasteiger partial charge < -0.3 is 4.90 Å². The van der Waals surface area contributed by atoms with E-state index in [-0.39, 0.29) is 16.7 Å². The zero-order valence-electron chi connectivity index (χ0n) is 9.89. The van der Waals surface area contributed by atoms with Gasteiger partial charge in [-0.15, -0.1) is 0 Å². The fraction of sp³-hybridized carbons (Fsp3) is 0.167. The highest BCUT2D eigenvalue weighted by Gasteiger charge is 2.17. The minimum atomic E-state index is -0.336. The third kappa shape index (κ3) is 2.09. The highest BCUT2D eigenvalue weighted by molar-refractivity contribution is 6.32. The summed E-state index contributed by atoms with van der Waals surface area (Å²) in [6.07, 6.45) is 0.593. The van der Waals surface area contributed by atoms with Crippen molar-refractivity contribution in [1.29, 1.82) is 0 Å². The van der Waals surface area contributed by atoms with Crippen LogP contribution in [-0.2, 0) is 0 Å². The van der Waals surface area contributed by atoms with Gasteiger partial charge in [0.2, 0.25) is 5.95 Å². The molecular weight excluding hydrogens is 257 g/mol. The number of carbonyl (C=O) groups excluding carboxylic acids is 1. The topological polar surface area (TPSA) is 38.1 Å². The van der Waals surface area contributed by atoms with Gasteiger partial charge >= 0.3 is 0 Å². The molecule has 6 heteroatoms. The summed E-state index contributed by atoms with van der Waals surface area (Å²) in [6, 6.07) is 5.80. The van der Waals surface area contributed by atoms with E-state index in [1.807, 2.05) is 0 Å². The average molecular weight is 268 g/mol. The van der Waals surface area contributed by atoms with Crippen LogP contribution in [0.15, 0.2) is 24.3 Å². The lowest BCUT2D eigenvalue weighted by molar-refractivity contribution is 0.111. The molecule has 0 unspecified atom stereocenters. The molecule has 0 radical (unpaired) electrons. The average Bonchev–Trinajstić information content (AvgIpc) is 2.68. The van der Waals surface area contributed by atoms with Crippen LogP contribution >= 0.6 is 11.6 Å². The van der Waals surface area contributed by atoms with E-state index in [4.69, 9.17) is 11.6 Å². The zero-order valence-corrected chi connectivity index (χ0v) is 10.6. The van der Waals surface area contributed by atoms with Crippen LogP contribution in [0.25, 0.3) is 5.69 Å². The van der Waals surface area contributed by atoms with Crippen molar-refractivity contribution < 1.29 is 9.18 Å². The van der Waals surface area contributed by atoms with Gasteiger partial charge in [0, 0.05) is 14.1 Å².